The van der Waals surface area contributed by atoms with E-state index in [-0.39, 0.29) is 42.1 Å². The van der Waals surface area contributed by atoms with Crippen LogP contribution in [0.5, 0.6) is 0 Å². The van der Waals surface area contributed by atoms with Crippen LogP contribution >= 0.6 is 0 Å². The summed E-state index contributed by atoms with van der Waals surface area (Å²) in [5, 5.41) is 5.80. The van der Waals surface area contributed by atoms with Crippen LogP contribution < -0.4 is 10.6 Å². The molecule has 1 aliphatic heterocycles. The van der Waals surface area contributed by atoms with Crippen LogP contribution in [0.15, 0.2) is 30.3 Å². The van der Waals surface area contributed by atoms with Gasteiger partial charge in [-0.1, -0.05) is 18.2 Å². The second kappa shape index (κ2) is 9.36. The van der Waals surface area contributed by atoms with Crippen LogP contribution in [-0.4, -0.2) is 47.8 Å². The van der Waals surface area contributed by atoms with E-state index in [1.807, 2.05) is 39.0 Å². The lowest BCUT2D eigenvalue weighted by Gasteiger charge is -2.32. The fourth-order valence-electron chi connectivity index (χ4n) is 3.13. The minimum atomic E-state index is -0.239. The minimum Gasteiger partial charge on any atom is -0.354 e. The largest absolute Gasteiger partial charge is 0.354 e. The zero-order valence-electron chi connectivity index (χ0n) is 15.8. The number of nitrogens with one attached hydrogen (secondary N) is 2. The molecule has 0 aromatic heterocycles. The smallest absolute Gasteiger partial charge is 0.251 e. The summed E-state index contributed by atoms with van der Waals surface area (Å²) >= 11 is 0. The van der Waals surface area contributed by atoms with Crippen molar-refractivity contribution in [3.05, 3.63) is 35.9 Å². The highest BCUT2D eigenvalue weighted by molar-refractivity contribution is 5.94. The second-order valence-electron chi connectivity index (χ2n) is 7.26. The quantitative estimate of drug-likeness (QED) is 0.815. The van der Waals surface area contributed by atoms with Gasteiger partial charge in [0.25, 0.3) is 5.91 Å². The number of carbonyl (C=O) groups excluding carboxylic acids is 3. The molecule has 0 radical (unpaired) electrons. The molecule has 1 fully saturated rings. The van der Waals surface area contributed by atoms with Crippen molar-refractivity contribution in [2.75, 3.05) is 13.1 Å². The lowest BCUT2D eigenvalue weighted by atomic mass is 9.95. The van der Waals surface area contributed by atoms with Crippen molar-refractivity contribution in [1.29, 1.82) is 0 Å². The van der Waals surface area contributed by atoms with Crippen LogP contribution in [0.25, 0.3) is 0 Å². The molecule has 1 aliphatic rings. The maximum atomic E-state index is 12.5. The minimum absolute atomic E-state index is 0.0170. The molecule has 2 rings (SSSR count). The van der Waals surface area contributed by atoms with Gasteiger partial charge < -0.3 is 15.5 Å². The molecular weight excluding hydrogens is 330 g/mol. The Hall–Kier alpha value is -2.37. The molecule has 0 saturated carbocycles. The molecule has 1 saturated heterocycles. The van der Waals surface area contributed by atoms with E-state index in [9.17, 15) is 14.4 Å². The summed E-state index contributed by atoms with van der Waals surface area (Å²) in [6.45, 7) is 6.91. The Morgan fingerprint density at radius 2 is 1.65 bits per heavy atom. The third-order valence-corrected chi connectivity index (χ3v) is 4.54. The van der Waals surface area contributed by atoms with Crippen LogP contribution in [0.4, 0.5) is 0 Å². The SMILES string of the molecule is CC(C)NC(=O)C1CCN(C(=O)CC(C)NC(=O)c2ccccc2)CC1. The third-order valence-electron chi connectivity index (χ3n) is 4.54. The Morgan fingerprint density at radius 1 is 1.04 bits per heavy atom. The van der Waals surface area contributed by atoms with Crippen LogP contribution in [0.1, 0.15) is 50.4 Å². The van der Waals surface area contributed by atoms with E-state index >= 15 is 0 Å². The lowest BCUT2D eigenvalue weighted by molar-refractivity contribution is -0.136. The number of carbonyl (C=O) groups is 3. The number of benzene rings is 1. The molecule has 1 aromatic carbocycles. The molecule has 1 heterocycles. The number of likely N-dealkylation sites (tertiary alicyclic amines) is 1. The highest BCUT2D eigenvalue weighted by atomic mass is 16.2. The Bertz CT molecular complexity index is 622. The Kier molecular flexibility index (Phi) is 7.18. The van der Waals surface area contributed by atoms with Gasteiger partial charge >= 0.3 is 0 Å². The van der Waals surface area contributed by atoms with Gasteiger partial charge in [0, 0.05) is 43.1 Å². The molecule has 26 heavy (non-hydrogen) atoms. The predicted octanol–water partition coefficient (Wildman–Crippen LogP) is 1.96. The average molecular weight is 359 g/mol. The standard InChI is InChI=1S/C20H29N3O3/c1-14(2)21-19(25)17-9-11-23(12-10-17)18(24)13-15(3)22-20(26)16-7-5-4-6-8-16/h4-8,14-15,17H,9-13H2,1-3H3,(H,21,25)(H,22,26). The van der Waals surface area contributed by atoms with Crippen LogP contribution in [0.3, 0.4) is 0 Å². The number of amides is 3. The highest BCUT2D eigenvalue weighted by Crippen LogP contribution is 2.18. The summed E-state index contributed by atoms with van der Waals surface area (Å²) in [6, 6.07) is 8.87. The average Bonchev–Trinajstić information content (AvgIpc) is 2.61. The van der Waals surface area contributed by atoms with Crippen LogP contribution in [-0.2, 0) is 9.59 Å². The molecule has 0 bridgehead atoms. The van der Waals surface area contributed by atoms with Gasteiger partial charge in [-0.2, -0.15) is 0 Å². The fourth-order valence-corrected chi connectivity index (χ4v) is 3.13. The van der Waals surface area contributed by atoms with Gasteiger partial charge in [0.05, 0.1) is 0 Å². The molecular formula is C20H29N3O3. The lowest BCUT2D eigenvalue weighted by Crippen LogP contribution is -2.46. The predicted molar refractivity (Wildman–Crippen MR) is 101 cm³/mol. The van der Waals surface area contributed by atoms with E-state index in [0.29, 0.717) is 31.5 Å². The Morgan fingerprint density at radius 3 is 2.23 bits per heavy atom. The van der Waals surface area contributed by atoms with Crippen LogP contribution in [0, 0.1) is 5.92 Å². The van der Waals surface area contributed by atoms with Gasteiger partial charge in [-0.05, 0) is 45.7 Å². The van der Waals surface area contributed by atoms with E-state index in [1.165, 1.54) is 0 Å². The molecule has 6 nitrogen and oxygen atoms in total. The van der Waals surface area contributed by atoms with Crippen molar-refractivity contribution in [3.8, 4) is 0 Å². The Balaban J connectivity index is 1.76. The van der Waals surface area contributed by atoms with E-state index in [4.69, 9.17) is 0 Å². The van der Waals surface area contributed by atoms with Crippen molar-refractivity contribution >= 4 is 17.7 Å². The Labute approximate surface area is 155 Å². The van der Waals surface area contributed by atoms with Gasteiger partial charge in [0.1, 0.15) is 0 Å². The molecule has 0 aliphatic carbocycles. The maximum absolute atomic E-state index is 12.5. The molecule has 6 heteroatoms. The zero-order chi connectivity index (χ0) is 19.1. The van der Waals surface area contributed by atoms with Crippen molar-refractivity contribution in [2.45, 2.75) is 52.1 Å². The summed E-state index contributed by atoms with van der Waals surface area (Å²) in [7, 11) is 0. The van der Waals surface area contributed by atoms with E-state index in [1.54, 1.807) is 17.0 Å². The van der Waals surface area contributed by atoms with Gasteiger partial charge in [0.2, 0.25) is 11.8 Å². The molecule has 142 valence electrons. The molecule has 1 aromatic rings. The first-order chi connectivity index (χ1) is 12.4. The fraction of sp³-hybridized carbons (Fsp3) is 0.550. The van der Waals surface area contributed by atoms with Gasteiger partial charge in [-0.25, -0.2) is 0 Å². The van der Waals surface area contributed by atoms with Gasteiger partial charge in [-0.15, -0.1) is 0 Å². The monoisotopic (exact) mass is 359 g/mol. The first-order valence-electron chi connectivity index (χ1n) is 9.31. The normalized spacial score (nSPS) is 16.2. The van der Waals surface area contributed by atoms with Crippen LogP contribution in [0.2, 0.25) is 0 Å². The topological polar surface area (TPSA) is 78.5 Å². The number of rotatable bonds is 6. The molecule has 2 N–H and O–H groups in total. The zero-order valence-corrected chi connectivity index (χ0v) is 15.8. The van der Waals surface area contributed by atoms with E-state index in [0.717, 1.165) is 0 Å². The first-order valence-corrected chi connectivity index (χ1v) is 9.31. The number of piperidine rings is 1. The highest BCUT2D eigenvalue weighted by Gasteiger charge is 2.28. The van der Waals surface area contributed by atoms with Crippen molar-refractivity contribution in [1.82, 2.24) is 15.5 Å². The second-order valence-corrected chi connectivity index (χ2v) is 7.26. The molecule has 3 amide bonds. The summed E-state index contributed by atoms with van der Waals surface area (Å²) in [4.78, 5) is 38.4. The molecule has 1 unspecified atom stereocenters. The van der Waals surface area contributed by atoms with Crippen molar-refractivity contribution in [2.24, 2.45) is 5.92 Å². The number of hydrogen-bond donors (Lipinski definition) is 2. The summed E-state index contributed by atoms with van der Waals surface area (Å²) < 4.78 is 0. The van der Waals surface area contributed by atoms with E-state index < -0.39 is 0 Å². The summed E-state index contributed by atoms with van der Waals surface area (Å²) in [5.74, 6) is -0.0872. The van der Waals surface area contributed by atoms with E-state index in [2.05, 4.69) is 10.6 Å². The summed E-state index contributed by atoms with van der Waals surface area (Å²) in [6.07, 6.45) is 1.64. The van der Waals surface area contributed by atoms with Gasteiger partial charge in [-0.3, -0.25) is 14.4 Å². The summed E-state index contributed by atoms with van der Waals surface area (Å²) in [5.41, 5.74) is 0.587. The molecule has 0 spiro atoms. The van der Waals surface area contributed by atoms with Crippen molar-refractivity contribution in [3.63, 3.8) is 0 Å². The number of hydrogen-bond acceptors (Lipinski definition) is 3. The maximum Gasteiger partial charge on any atom is 0.251 e. The van der Waals surface area contributed by atoms with Gasteiger partial charge in [0.15, 0.2) is 0 Å². The first kappa shape index (κ1) is 19.9. The molecule has 1 atom stereocenters. The van der Waals surface area contributed by atoms with Crippen molar-refractivity contribution < 1.29 is 14.4 Å². The third kappa shape index (κ3) is 5.86. The number of nitrogens with zero attached hydrogens (tertiary/aromatic N) is 1.